The van der Waals surface area contributed by atoms with Crippen molar-refractivity contribution in [3.8, 4) is 28.5 Å². The Morgan fingerprint density at radius 2 is 1.69 bits per heavy atom. The third-order valence-corrected chi connectivity index (χ3v) is 3.98. The summed E-state index contributed by atoms with van der Waals surface area (Å²) >= 11 is 0. The van der Waals surface area contributed by atoms with Crippen molar-refractivity contribution in [1.29, 1.82) is 5.26 Å². The Labute approximate surface area is 147 Å². The molecular weight excluding hydrogens is 341 g/mol. The molecule has 0 aliphatic rings. The van der Waals surface area contributed by atoms with Crippen molar-refractivity contribution in [3.05, 3.63) is 81.6 Å². The zero-order valence-corrected chi connectivity index (χ0v) is 13.7. The van der Waals surface area contributed by atoms with Crippen molar-refractivity contribution < 1.29 is 13.2 Å². The molecule has 0 amide bonds. The summed E-state index contributed by atoms with van der Waals surface area (Å²) in [7, 11) is 0. The van der Waals surface area contributed by atoms with E-state index in [2.05, 4.69) is 4.98 Å². The number of benzene rings is 2. The molecule has 0 aliphatic heterocycles. The van der Waals surface area contributed by atoms with Crippen molar-refractivity contribution in [1.82, 2.24) is 4.98 Å². The van der Waals surface area contributed by atoms with Gasteiger partial charge >= 0.3 is 6.18 Å². The minimum Gasteiger partial charge on any atom is -0.321 e. The average molecular weight is 354 g/mol. The molecule has 0 unspecified atom stereocenters. The molecule has 3 rings (SSSR count). The number of nitrogens with one attached hydrogen (secondary N) is 1. The zero-order valence-electron chi connectivity index (χ0n) is 13.7. The second-order valence-electron chi connectivity index (χ2n) is 5.86. The number of hydrogen-bond donors (Lipinski definition) is 1. The molecule has 6 heteroatoms. The molecule has 1 heterocycles. The SMILES string of the molecule is Cc1cccc(-c2cc(-c3cccc(C(F)(F)F)c3)c(C#N)c(=O)[nH]2)c1. The van der Waals surface area contributed by atoms with Gasteiger partial charge < -0.3 is 4.98 Å². The van der Waals surface area contributed by atoms with E-state index >= 15 is 0 Å². The monoisotopic (exact) mass is 354 g/mol. The number of rotatable bonds is 2. The number of nitriles is 1. The summed E-state index contributed by atoms with van der Waals surface area (Å²) in [5, 5.41) is 9.30. The van der Waals surface area contributed by atoms with Gasteiger partial charge in [-0.05, 0) is 42.3 Å². The van der Waals surface area contributed by atoms with Gasteiger partial charge in [0.1, 0.15) is 11.6 Å². The van der Waals surface area contributed by atoms with Crippen LogP contribution in [0.25, 0.3) is 22.4 Å². The maximum Gasteiger partial charge on any atom is 0.416 e. The van der Waals surface area contributed by atoms with E-state index in [1.165, 1.54) is 18.2 Å². The van der Waals surface area contributed by atoms with Crippen LogP contribution in [-0.4, -0.2) is 4.98 Å². The molecule has 2 aromatic carbocycles. The molecule has 0 fully saturated rings. The first-order valence-electron chi connectivity index (χ1n) is 7.71. The summed E-state index contributed by atoms with van der Waals surface area (Å²) in [6.45, 7) is 1.89. The summed E-state index contributed by atoms with van der Waals surface area (Å²) in [5.74, 6) is 0. The van der Waals surface area contributed by atoms with E-state index in [-0.39, 0.29) is 16.7 Å². The van der Waals surface area contributed by atoms with E-state index < -0.39 is 17.3 Å². The van der Waals surface area contributed by atoms with E-state index in [4.69, 9.17) is 0 Å². The van der Waals surface area contributed by atoms with Gasteiger partial charge in [0.25, 0.3) is 5.56 Å². The second-order valence-corrected chi connectivity index (χ2v) is 5.86. The molecule has 0 aliphatic carbocycles. The van der Waals surface area contributed by atoms with Crippen LogP contribution in [0.3, 0.4) is 0 Å². The molecule has 0 bridgehead atoms. The highest BCUT2D eigenvalue weighted by atomic mass is 19.4. The van der Waals surface area contributed by atoms with Crippen molar-refractivity contribution >= 4 is 0 Å². The van der Waals surface area contributed by atoms with Crippen LogP contribution in [0, 0.1) is 18.3 Å². The van der Waals surface area contributed by atoms with Crippen LogP contribution in [0.1, 0.15) is 16.7 Å². The van der Waals surface area contributed by atoms with E-state index in [1.807, 2.05) is 25.1 Å². The number of aromatic amines is 1. The van der Waals surface area contributed by atoms with E-state index in [1.54, 1.807) is 12.1 Å². The highest BCUT2D eigenvalue weighted by Crippen LogP contribution is 2.33. The van der Waals surface area contributed by atoms with Crippen LogP contribution in [0.15, 0.2) is 59.4 Å². The van der Waals surface area contributed by atoms with E-state index in [9.17, 15) is 23.2 Å². The highest BCUT2D eigenvalue weighted by Gasteiger charge is 2.30. The van der Waals surface area contributed by atoms with Gasteiger partial charge in [-0.15, -0.1) is 0 Å². The minimum atomic E-state index is -4.51. The van der Waals surface area contributed by atoms with Gasteiger partial charge in [-0.3, -0.25) is 4.79 Å². The maximum absolute atomic E-state index is 13.0. The normalized spacial score (nSPS) is 11.2. The summed E-state index contributed by atoms with van der Waals surface area (Å²) in [6.07, 6.45) is -4.51. The number of aromatic nitrogens is 1. The smallest absolute Gasteiger partial charge is 0.321 e. The average Bonchev–Trinajstić information content (AvgIpc) is 2.60. The maximum atomic E-state index is 13.0. The molecule has 0 atom stereocenters. The Morgan fingerprint density at radius 1 is 1.00 bits per heavy atom. The van der Waals surface area contributed by atoms with Crippen LogP contribution in [0.2, 0.25) is 0 Å². The Balaban J connectivity index is 2.24. The number of aryl methyl sites for hydroxylation is 1. The lowest BCUT2D eigenvalue weighted by molar-refractivity contribution is -0.137. The number of hydrogen-bond acceptors (Lipinski definition) is 2. The van der Waals surface area contributed by atoms with Gasteiger partial charge in [-0.2, -0.15) is 18.4 Å². The number of pyridine rings is 1. The van der Waals surface area contributed by atoms with Crippen LogP contribution < -0.4 is 5.56 Å². The third kappa shape index (κ3) is 3.38. The lowest BCUT2D eigenvalue weighted by Crippen LogP contribution is -2.13. The highest BCUT2D eigenvalue weighted by molar-refractivity contribution is 5.75. The largest absolute Gasteiger partial charge is 0.416 e. The summed E-state index contributed by atoms with van der Waals surface area (Å²) in [4.78, 5) is 14.9. The minimum absolute atomic E-state index is 0.163. The molecule has 26 heavy (non-hydrogen) atoms. The van der Waals surface area contributed by atoms with Gasteiger partial charge in [0.15, 0.2) is 0 Å². The van der Waals surface area contributed by atoms with Crippen LogP contribution in [0.4, 0.5) is 13.2 Å². The standard InChI is InChI=1S/C20H13F3N2O/c1-12-4-2-6-14(8-12)18-10-16(17(11-24)19(26)25-18)13-5-3-7-15(9-13)20(21,22)23/h2-10H,1H3,(H,25,26). The van der Waals surface area contributed by atoms with Gasteiger partial charge in [0, 0.05) is 11.3 Å². The molecule has 3 nitrogen and oxygen atoms in total. The van der Waals surface area contributed by atoms with Crippen LogP contribution >= 0.6 is 0 Å². The third-order valence-electron chi connectivity index (χ3n) is 3.98. The number of halogens is 3. The molecule has 0 saturated heterocycles. The Kier molecular flexibility index (Phi) is 4.39. The fraction of sp³-hybridized carbons (Fsp3) is 0.100. The van der Waals surface area contributed by atoms with E-state index in [0.29, 0.717) is 11.3 Å². The fourth-order valence-electron chi connectivity index (χ4n) is 2.73. The van der Waals surface area contributed by atoms with Crippen molar-refractivity contribution in [2.75, 3.05) is 0 Å². The van der Waals surface area contributed by atoms with Crippen LogP contribution in [-0.2, 0) is 6.18 Å². The van der Waals surface area contributed by atoms with Gasteiger partial charge in [0.2, 0.25) is 0 Å². The van der Waals surface area contributed by atoms with E-state index in [0.717, 1.165) is 17.7 Å². The lowest BCUT2D eigenvalue weighted by atomic mass is 9.97. The van der Waals surface area contributed by atoms with Crippen molar-refractivity contribution in [2.24, 2.45) is 0 Å². The molecule has 1 N–H and O–H groups in total. The summed E-state index contributed by atoms with van der Waals surface area (Å²) in [6, 6.07) is 15.2. The molecule has 130 valence electrons. The number of nitrogens with zero attached hydrogens (tertiary/aromatic N) is 1. The molecule has 1 aromatic heterocycles. The van der Waals surface area contributed by atoms with Gasteiger partial charge in [0.05, 0.1) is 5.56 Å². The summed E-state index contributed by atoms with van der Waals surface area (Å²) in [5.41, 5.74) is 0.740. The Bertz CT molecular complexity index is 1080. The summed E-state index contributed by atoms with van der Waals surface area (Å²) < 4.78 is 39.0. The van der Waals surface area contributed by atoms with Crippen molar-refractivity contribution in [2.45, 2.75) is 13.1 Å². The molecule has 3 aromatic rings. The van der Waals surface area contributed by atoms with Crippen molar-refractivity contribution in [3.63, 3.8) is 0 Å². The first kappa shape index (κ1) is 17.5. The lowest BCUT2D eigenvalue weighted by Gasteiger charge is -2.11. The first-order chi connectivity index (χ1) is 12.3. The Morgan fingerprint density at radius 3 is 2.35 bits per heavy atom. The van der Waals surface area contributed by atoms with Crippen LogP contribution in [0.5, 0.6) is 0 Å². The second kappa shape index (κ2) is 6.52. The molecule has 0 spiro atoms. The topological polar surface area (TPSA) is 56.6 Å². The Hall–Kier alpha value is -3.33. The van der Waals surface area contributed by atoms with Gasteiger partial charge in [-0.25, -0.2) is 0 Å². The molecule has 0 saturated carbocycles. The predicted octanol–water partition coefficient (Wildman–Crippen LogP) is 4.91. The quantitative estimate of drug-likeness (QED) is 0.711. The van der Waals surface area contributed by atoms with Gasteiger partial charge in [-0.1, -0.05) is 35.9 Å². The number of H-pyrrole nitrogens is 1. The fourth-order valence-corrected chi connectivity index (χ4v) is 2.73. The zero-order chi connectivity index (χ0) is 18.9. The molecular formula is C20H13F3N2O. The number of alkyl halides is 3. The first-order valence-corrected chi connectivity index (χ1v) is 7.71. The molecule has 0 radical (unpaired) electrons. The predicted molar refractivity (Wildman–Crippen MR) is 92.4 cm³/mol.